The highest BCUT2D eigenvalue weighted by molar-refractivity contribution is 5.87. The second-order valence-electron chi connectivity index (χ2n) is 4.43. The third-order valence-corrected chi connectivity index (χ3v) is 3.27. The zero-order valence-electron chi connectivity index (χ0n) is 9.90. The summed E-state index contributed by atoms with van der Waals surface area (Å²) >= 11 is 0. The van der Waals surface area contributed by atoms with Crippen LogP contribution in [0.2, 0.25) is 0 Å². The molecule has 1 aromatic carbocycles. The number of allylic oxidation sites excluding steroid dienone is 2. The Hall–Kier alpha value is -1.97. The number of benzene rings is 1. The van der Waals surface area contributed by atoms with Crippen molar-refractivity contribution in [1.82, 2.24) is 4.90 Å². The van der Waals surface area contributed by atoms with Crippen molar-refractivity contribution in [2.75, 3.05) is 6.54 Å². The van der Waals surface area contributed by atoms with Gasteiger partial charge in [-0.25, -0.2) is 8.78 Å². The van der Waals surface area contributed by atoms with Gasteiger partial charge in [-0.15, -0.1) is 0 Å². The first kappa shape index (κ1) is 11.1. The lowest BCUT2D eigenvalue weighted by atomic mass is 10.0. The molecule has 2 aliphatic rings. The van der Waals surface area contributed by atoms with Crippen LogP contribution in [0.3, 0.4) is 0 Å². The van der Waals surface area contributed by atoms with Gasteiger partial charge in [0.2, 0.25) is 0 Å². The van der Waals surface area contributed by atoms with E-state index in [2.05, 4.69) is 9.89 Å². The number of hydrogen-bond acceptors (Lipinski definition) is 2. The van der Waals surface area contributed by atoms with Crippen LogP contribution in [0.25, 0.3) is 5.57 Å². The molecular formula is C14H12F2N2. The summed E-state index contributed by atoms with van der Waals surface area (Å²) in [4.78, 5) is 6.41. The van der Waals surface area contributed by atoms with E-state index in [9.17, 15) is 8.78 Å². The Morgan fingerprint density at radius 3 is 2.89 bits per heavy atom. The molecule has 1 atom stereocenters. The van der Waals surface area contributed by atoms with E-state index >= 15 is 0 Å². The number of hydrogen-bond donors (Lipinski definition) is 0. The van der Waals surface area contributed by atoms with E-state index in [4.69, 9.17) is 0 Å². The Labute approximate surface area is 104 Å². The highest BCUT2D eigenvalue weighted by atomic mass is 19.2. The van der Waals surface area contributed by atoms with Gasteiger partial charge in [0.1, 0.15) is 5.84 Å². The van der Waals surface area contributed by atoms with Crippen molar-refractivity contribution in [2.24, 2.45) is 4.99 Å². The van der Waals surface area contributed by atoms with Gasteiger partial charge in [-0.3, -0.25) is 4.99 Å². The minimum Gasteiger partial charge on any atom is -0.328 e. The van der Waals surface area contributed by atoms with Gasteiger partial charge in [0.15, 0.2) is 11.6 Å². The second-order valence-corrected chi connectivity index (χ2v) is 4.43. The summed E-state index contributed by atoms with van der Waals surface area (Å²) in [5.74, 6) is -0.698. The minimum absolute atomic E-state index is 0.263. The summed E-state index contributed by atoms with van der Waals surface area (Å²) in [7, 11) is 0. The quantitative estimate of drug-likeness (QED) is 0.743. The summed E-state index contributed by atoms with van der Waals surface area (Å²) in [6.07, 6.45) is 5.90. The van der Waals surface area contributed by atoms with Gasteiger partial charge in [-0.1, -0.05) is 18.2 Å². The Bertz CT molecular complexity index is 587. The maximum absolute atomic E-state index is 13.2. The van der Waals surface area contributed by atoms with Crippen molar-refractivity contribution in [1.29, 1.82) is 0 Å². The van der Waals surface area contributed by atoms with Crippen LogP contribution in [-0.2, 0) is 0 Å². The van der Waals surface area contributed by atoms with Crippen LogP contribution in [0.15, 0.2) is 41.5 Å². The van der Waals surface area contributed by atoms with Gasteiger partial charge < -0.3 is 4.90 Å². The Morgan fingerprint density at radius 2 is 2.11 bits per heavy atom. The minimum atomic E-state index is -0.823. The average Bonchev–Trinajstić information content (AvgIpc) is 2.74. The van der Waals surface area contributed by atoms with E-state index in [1.54, 1.807) is 6.07 Å². The maximum atomic E-state index is 13.2. The summed E-state index contributed by atoms with van der Waals surface area (Å²) in [6, 6.07) is 4.21. The topological polar surface area (TPSA) is 15.6 Å². The largest absolute Gasteiger partial charge is 0.328 e. The van der Waals surface area contributed by atoms with E-state index in [1.165, 1.54) is 6.07 Å². The Kier molecular flexibility index (Phi) is 2.51. The Balaban J connectivity index is 1.97. The van der Waals surface area contributed by atoms with Gasteiger partial charge in [0, 0.05) is 6.20 Å². The molecule has 2 nitrogen and oxygen atoms in total. The summed E-state index contributed by atoms with van der Waals surface area (Å²) < 4.78 is 26.1. The van der Waals surface area contributed by atoms with E-state index < -0.39 is 11.6 Å². The van der Waals surface area contributed by atoms with Gasteiger partial charge in [0.25, 0.3) is 0 Å². The van der Waals surface area contributed by atoms with Crippen molar-refractivity contribution in [3.63, 3.8) is 0 Å². The normalized spacial score (nSPS) is 21.7. The third kappa shape index (κ3) is 1.74. The average molecular weight is 246 g/mol. The van der Waals surface area contributed by atoms with Crippen LogP contribution in [-0.4, -0.2) is 23.3 Å². The zero-order valence-corrected chi connectivity index (χ0v) is 9.90. The SMILES string of the molecule is CC1=NCC2C=CC(c3ccc(F)c(F)c3)=CN12. The summed E-state index contributed by atoms with van der Waals surface area (Å²) in [6.45, 7) is 2.70. The van der Waals surface area contributed by atoms with Crippen molar-refractivity contribution >= 4 is 11.4 Å². The molecule has 1 unspecified atom stereocenters. The summed E-state index contributed by atoms with van der Waals surface area (Å²) in [5.41, 5.74) is 1.53. The lowest BCUT2D eigenvalue weighted by Crippen LogP contribution is -2.30. The van der Waals surface area contributed by atoms with E-state index in [1.807, 2.05) is 25.3 Å². The number of nitrogens with zero attached hydrogens (tertiary/aromatic N) is 2. The first-order valence-corrected chi connectivity index (χ1v) is 5.80. The molecule has 1 aromatic rings. The Morgan fingerprint density at radius 1 is 1.28 bits per heavy atom. The van der Waals surface area contributed by atoms with Crippen LogP contribution < -0.4 is 0 Å². The second kappa shape index (κ2) is 4.05. The molecule has 0 bridgehead atoms. The fourth-order valence-electron chi connectivity index (χ4n) is 2.23. The van der Waals surface area contributed by atoms with Gasteiger partial charge in [0.05, 0.1) is 12.6 Å². The first-order valence-electron chi connectivity index (χ1n) is 5.80. The van der Waals surface area contributed by atoms with Crippen molar-refractivity contribution in [3.8, 4) is 0 Å². The molecule has 2 aliphatic heterocycles. The molecule has 3 rings (SSSR count). The van der Waals surface area contributed by atoms with Gasteiger partial charge in [-0.05, 0) is 30.2 Å². The van der Waals surface area contributed by atoms with Crippen molar-refractivity contribution < 1.29 is 8.78 Å². The molecule has 0 saturated carbocycles. The monoisotopic (exact) mass is 246 g/mol. The predicted molar refractivity (Wildman–Crippen MR) is 67.1 cm³/mol. The standard InChI is InChI=1S/C14H12F2N2/c1-9-17-7-12-4-2-11(8-18(9)12)10-3-5-13(15)14(16)6-10/h2-6,8,12H,7H2,1H3. The molecule has 2 heterocycles. The smallest absolute Gasteiger partial charge is 0.159 e. The zero-order chi connectivity index (χ0) is 12.7. The highest BCUT2D eigenvalue weighted by Crippen LogP contribution is 2.26. The molecular weight excluding hydrogens is 234 g/mol. The van der Waals surface area contributed by atoms with Crippen molar-refractivity contribution in [2.45, 2.75) is 13.0 Å². The molecule has 0 fully saturated rings. The van der Waals surface area contributed by atoms with Crippen LogP contribution in [0.1, 0.15) is 12.5 Å². The molecule has 0 N–H and O–H groups in total. The highest BCUT2D eigenvalue weighted by Gasteiger charge is 2.24. The molecule has 18 heavy (non-hydrogen) atoms. The molecule has 0 aliphatic carbocycles. The number of rotatable bonds is 1. The molecule has 0 spiro atoms. The number of halogens is 2. The molecule has 4 heteroatoms. The fourth-order valence-corrected chi connectivity index (χ4v) is 2.23. The molecule has 0 radical (unpaired) electrons. The van der Waals surface area contributed by atoms with Crippen molar-refractivity contribution in [3.05, 3.63) is 53.7 Å². The predicted octanol–water partition coefficient (Wildman–Crippen LogP) is 2.98. The molecule has 0 aromatic heterocycles. The summed E-state index contributed by atoms with van der Waals surface area (Å²) in [5, 5.41) is 0. The van der Waals surface area contributed by atoms with Gasteiger partial charge in [-0.2, -0.15) is 0 Å². The van der Waals surface area contributed by atoms with Crippen LogP contribution in [0.5, 0.6) is 0 Å². The molecule has 92 valence electrons. The van der Waals surface area contributed by atoms with Crippen LogP contribution in [0, 0.1) is 11.6 Å². The van der Waals surface area contributed by atoms with E-state index in [-0.39, 0.29) is 6.04 Å². The fraction of sp³-hybridized carbons (Fsp3) is 0.214. The van der Waals surface area contributed by atoms with Crippen LogP contribution >= 0.6 is 0 Å². The van der Waals surface area contributed by atoms with E-state index in [0.717, 1.165) is 24.0 Å². The first-order chi connectivity index (χ1) is 8.65. The number of aliphatic imine (C=N–C) groups is 1. The lowest BCUT2D eigenvalue weighted by Gasteiger charge is -2.25. The molecule has 0 saturated heterocycles. The van der Waals surface area contributed by atoms with E-state index in [0.29, 0.717) is 5.56 Å². The number of fused-ring (bicyclic) bond motifs is 1. The molecule has 0 amide bonds. The number of amidine groups is 1. The lowest BCUT2D eigenvalue weighted by molar-refractivity contribution is 0.505. The maximum Gasteiger partial charge on any atom is 0.159 e. The van der Waals surface area contributed by atoms with Crippen LogP contribution in [0.4, 0.5) is 8.78 Å². The van der Waals surface area contributed by atoms with Gasteiger partial charge >= 0.3 is 0 Å². The third-order valence-electron chi connectivity index (χ3n) is 3.27.